The summed E-state index contributed by atoms with van der Waals surface area (Å²) >= 11 is 0. The SMILES string of the molecule is CC(C(=O)NCCc1nccn1C(F)F)N1CCc2ccccc2C1. The molecule has 1 aromatic carbocycles. The first-order valence-electron chi connectivity index (χ1n) is 8.44. The van der Waals surface area contributed by atoms with E-state index in [1.807, 2.05) is 19.1 Å². The van der Waals surface area contributed by atoms with Crippen molar-refractivity contribution >= 4 is 5.91 Å². The second kappa shape index (κ2) is 7.74. The lowest BCUT2D eigenvalue weighted by Gasteiger charge is -2.32. The predicted octanol–water partition coefficient (Wildman–Crippen LogP) is 2.38. The average Bonchev–Trinajstić information content (AvgIpc) is 3.09. The normalized spacial score (nSPS) is 15.8. The van der Waals surface area contributed by atoms with Gasteiger partial charge in [0, 0.05) is 38.4 Å². The Morgan fingerprint density at radius 3 is 2.84 bits per heavy atom. The smallest absolute Gasteiger partial charge is 0.319 e. The number of hydrogen-bond acceptors (Lipinski definition) is 3. The zero-order valence-electron chi connectivity index (χ0n) is 14.2. The molecule has 0 radical (unpaired) electrons. The van der Waals surface area contributed by atoms with Gasteiger partial charge in [0.05, 0.1) is 6.04 Å². The average molecular weight is 348 g/mol. The van der Waals surface area contributed by atoms with Crippen molar-refractivity contribution in [1.82, 2.24) is 19.8 Å². The van der Waals surface area contributed by atoms with Crippen LogP contribution in [0.4, 0.5) is 8.78 Å². The molecule has 1 amide bonds. The van der Waals surface area contributed by atoms with E-state index in [4.69, 9.17) is 0 Å². The number of nitrogens with zero attached hydrogens (tertiary/aromatic N) is 3. The molecule has 0 saturated heterocycles. The largest absolute Gasteiger partial charge is 0.354 e. The van der Waals surface area contributed by atoms with Gasteiger partial charge in [-0.15, -0.1) is 0 Å². The molecule has 1 atom stereocenters. The molecule has 0 bridgehead atoms. The summed E-state index contributed by atoms with van der Waals surface area (Å²) in [5.41, 5.74) is 2.59. The number of alkyl halides is 2. The molecule has 5 nitrogen and oxygen atoms in total. The molecule has 0 fully saturated rings. The van der Waals surface area contributed by atoms with Gasteiger partial charge >= 0.3 is 6.55 Å². The predicted molar refractivity (Wildman–Crippen MR) is 90.2 cm³/mol. The highest BCUT2D eigenvalue weighted by Crippen LogP contribution is 2.20. The molecule has 134 valence electrons. The van der Waals surface area contributed by atoms with Crippen LogP contribution in [0.3, 0.4) is 0 Å². The molecule has 1 unspecified atom stereocenters. The number of benzene rings is 1. The maximum atomic E-state index is 12.8. The van der Waals surface area contributed by atoms with Crippen LogP contribution in [-0.2, 0) is 24.2 Å². The number of carbonyl (C=O) groups excluding carboxylic acids is 1. The van der Waals surface area contributed by atoms with Gasteiger partial charge in [-0.25, -0.2) is 4.98 Å². The first-order chi connectivity index (χ1) is 12.1. The summed E-state index contributed by atoms with van der Waals surface area (Å²) < 4.78 is 26.4. The van der Waals surface area contributed by atoms with Crippen LogP contribution >= 0.6 is 0 Å². The summed E-state index contributed by atoms with van der Waals surface area (Å²) in [7, 11) is 0. The fourth-order valence-electron chi connectivity index (χ4n) is 3.17. The van der Waals surface area contributed by atoms with Crippen molar-refractivity contribution in [2.75, 3.05) is 13.1 Å². The Morgan fingerprint density at radius 2 is 2.08 bits per heavy atom. The van der Waals surface area contributed by atoms with Gasteiger partial charge in [0.2, 0.25) is 5.91 Å². The highest BCUT2D eigenvalue weighted by molar-refractivity contribution is 5.81. The number of nitrogens with one attached hydrogen (secondary N) is 1. The van der Waals surface area contributed by atoms with Gasteiger partial charge < -0.3 is 5.32 Å². The van der Waals surface area contributed by atoms with Gasteiger partial charge in [-0.2, -0.15) is 8.78 Å². The standard InChI is InChI=1S/C18H22F2N4O/c1-13(23-10-7-14-4-2-3-5-15(14)12-23)17(25)22-8-6-16-21-9-11-24(16)18(19)20/h2-5,9,11,13,18H,6-8,10,12H2,1H3,(H,22,25). The van der Waals surface area contributed by atoms with Crippen molar-refractivity contribution in [2.24, 2.45) is 0 Å². The van der Waals surface area contributed by atoms with Crippen molar-refractivity contribution in [3.63, 3.8) is 0 Å². The van der Waals surface area contributed by atoms with Crippen LogP contribution in [0.5, 0.6) is 0 Å². The molecule has 1 N–H and O–H groups in total. The Labute approximate surface area is 145 Å². The zero-order chi connectivity index (χ0) is 17.8. The minimum Gasteiger partial charge on any atom is -0.354 e. The third kappa shape index (κ3) is 4.04. The molecule has 2 aromatic rings. The lowest BCUT2D eigenvalue weighted by molar-refractivity contribution is -0.126. The van der Waals surface area contributed by atoms with Gasteiger partial charge in [-0.1, -0.05) is 24.3 Å². The molecule has 7 heteroatoms. The number of imidazole rings is 1. The number of aromatic nitrogens is 2. The van der Waals surface area contributed by atoms with E-state index in [1.54, 1.807) is 0 Å². The summed E-state index contributed by atoms with van der Waals surface area (Å²) in [4.78, 5) is 18.4. The molecular formula is C18H22F2N4O. The maximum absolute atomic E-state index is 12.8. The first-order valence-corrected chi connectivity index (χ1v) is 8.44. The van der Waals surface area contributed by atoms with Gasteiger partial charge in [-0.05, 0) is 24.5 Å². The van der Waals surface area contributed by atoms with Crippen molar-refractivity contribution in [2.45, 2.75) is 38.9 Å². The minimum absolute atomic E-state index is 0.0884. The van der Waals surface area contributed by atoms with E-state index < -0.39 is 6.55 Å². The fraction of sp³-hybridized carbons (Fsp3) is 0.444. The number of carbonyl (C=O) groups is 1. The minimum atomic E-state index is -2.61. The summed E-state index contributed by atoms with van der Waals surface area (Å²) in [6.45, 7) is 1.14. The number of fused-ring (bicyclic) bond motifs is 1. The topological polar surface area (TPSA) is 50.2 Å². The summed E-state index contributed by atoms with van der Waals surface area (Å²) in [5.74, 6) is 0.185. The Morgan fingerprint density at radius 1 is 1.32 bits per heavy atom. The van der Waals surface area contributed by atoms with Gasteiger partial charge in [0.1, 0.15) is 5.82 Å². The number of hydrogen-bond donors (Lipinski definition) is 1. The molecule has 0 spiro atoms. The van der Waals surface area contributed by atoms with E-state index in [1.165, 1.54) is 23.5 Å². The summed E-state index contributed by atoms with van der Waals surface area (Å²) in [5, 5.41) is 2.83. The fourth-order valence-corrected chi connectivity index (χ4v) is 3.17. The van der Waals surface area contributed by atoms with Crippen LogP contribution in [0, 0.1) is 0 Å². The third-order valence-electron chi connectivity index (χ3n) is 4.69. The maximum Gasteiger partial charge on any atom is 0.319 e. The van der Waals surface area contributed by atoms with Crippen molar-refractivity contribution in [3.8, 4) is 0 Å². The molecule has 0 saturated carbocycles. The van der Waals surface area contributed by atoms with E-state index in [0.29, 0.717) is 0 Å². The molecule has 2 heterocycles. The van der Waals surface area contributed by atoms with Crippen LogP contribution in [0.25, 0.3) is 0 Å². The van der Waals surface area contributed by atoms with Crippen molar-refractivity contribution < 1.29 is 13.6 Å². The van der Waals surface area contributed by atoms with Crippen LogP contribution < -0.4 is 5.32 Å². The molecular weight excluding hydrogens is 326 g/mol. The molecule has 1 aliphatic rings. The lowest BCUT2D eigenvalue weighted by Crippen LogP contribution is -2.47. The quantitative estimate of drug-likeness (QED) is 0.872. The van der Waals surface area contributed by atoms with E-state index in [2.05, 4.69) is 27.3 Å². The molecule has 0 aliphatic carbocycles. The Balaban J connectivity index is 1.51. The second-order valence-corrected chi connectivity index (χ2v) is 6.23. The van der Waals surface area contributed by atoms with Crippen LogP contribution in [0.1, 0.15) is 30.4 Å². The zero-order valence-corrected chi connectivity index (χ0v) is 14.2. The van der Waals surface area contributed by atoms with Crippen LogP contribution in [0.2, 0.25) is 0 Å². The Hall–Kier alpha value is -2.28. The monoisotopic (exact) mass is 348 g/mol. The highest BCUT2D eigenvalue weighted by atomic mass is 19.3. The van der Waals surface area contributed by atoms with Crippen molar-refractivity contribution in [1.29, 1.82) is 0 Å². The highest BCUT2D eigenvalue weighted by Gasteiger charge is 2.25. The van der Waals surface area contributed by atoms with Gasteiger partial charge in [0.25, 0.3) is 0 Å². The molecule has 1 aromatic heterocycles. The van der Waals surface area contributed by atoms with Crippen LogP contribution in [-0.4, -0.2) is 39.5 Å². The lowest BCUT2D eigenvalue weighted by atomic mass is 9.99. The number of halogens is 2. The second-order valence-electron chi connectivity index (χ2n) is 6.23. The number of rotatable bonds is 6. The van der Waals surface area contributed by atoms with Gasteiger partial charge in [0.15, 0.2) is 0 Å². The Kier molecular flexibility index (Phi) is 5.43. The van der Waals surface area contributed by atoms with E-state index in [0.717, 1.165) is 24.1 Å². The Bertz CT molecular complexity index is 731. The molecule has 3 rings (SSSR count). The first kappa shape index (κ1) is 17.5. The summed E-state index contributed by atoms with van der Waals surface area (Å²) in [6.07, 6.45) is 3.80. The van der Waals surface area contributed by atoms with E-state index >= 15 is 0 Å². The molecule has 1 aliphatic heterocycles. The summed E-state index contributed by atoms with van der Waals surface area (Å²) in [6, 6.07) is 8.01. The van der Waals surface area contributed by atoms with E-state index in [9.17, 15) is 13.6 Å². The third-order valence-corrected chi connectivity index (χ3v) is 4.69. The van der Waals surface area contributed by atoms with Crippen molar-refractivity contribution in [3.05, 3.63) is 53.6 Å². The van der Waals surface area contributed by atoms with E-state index in [-0.39, 0.29) is 30.7 Å². The van der Waals surface area contributed by atoms with Gasteiger partial charge in [-0.3, -0.25) is 14.3 Å². The number of amides is 1. The van der Waals surface area contributed by atoms with Crippen LogP contribution in [0.15, 0.2) is 36.7 Å². The molecule has 25 heavy (non-hydrogen) atoms.